The van der Waals surface area contributed by atoms with E-state index in [1.165, 1.54) is 16.4 Å². The number of carbonyl (C=O) groups excluding carboxylic acids is 2. The Labute approximate surface area is 297 Å². The fourth-order valence-electron chi connectivity index (χ4n) is 6.46. The highest BCUT2D eigenvalue weighted by molar-refractivity contribution is 7.92. The van der Waals surface area contributed by atoms with Gasteiger partial charge in [-0.05, 0) is 106 Å². The molecule has 0 saturated carbocycles. The number of aliphatic hydroxyl groups is 1. The van der Waals surface area contributed by atoms with E-state index in [2.05, 4.69) is 10.3 Å². The van der Waals surface area contributed by atoms with Crippen molar-refractivity contribution in [2.24, 2.45) is 4.99 Å². The number of hydrogen-bond acceptors (Lipinski definition) is 7. The van der Waals surface area contributed by atoms with Crippen molar-refractivity contribution in [3.05, 3.63) is 69.4 Å². The van der Waals surface area contributed by atoms with E-state index < -0.39 is 70.2 Å². The molecule has 3 heterocycles. The van der Waals surface area contributed by atoms with Gasteiger partial charge in [-0.3, -0.25) is 14.6 Å². The number of benzene rings is 2. The lowest BCUT2D eigenvalue weighted by Gasteiger charge is -2.36. The second-order valence-corrected chi connectivity index (χ2v) is 15.6. The molecule has 2 aromatic rings. The zero-order valence-corrected chi connectivity index (χ0v) is 29.6. The SMILES string of the molecule is Cc1cc(C(=O)N2CCC(C)(O)CC2)cc(C)c1C=CS(=O)(=O)N1CCC2(CC1)N=C(c1ccc(F)c(OCCCC(F)(F)C(F)(F)F)c1)NC2=O. The maximum atomic E-state index is 14.4. The number of rotatable bonds is 10. The lowest BCUT2D eigenvalue weighted by atomic mass is 9.89. The van der Waals surface area contributed by atoms with Crippen LogP contribution in [-0.2, 0) is 14.8 Å². The number of piperidine rings is 2. The van der Waals surface area contributed by atoms with E-state index in [1.54, 1.807) is 37.8 Å². The third-order valence-corrected chi connectivity index (χ3v) is 11.3. The number of hydrogen-bond donors (Lipinski definition) is 2. The zero-order valence-electron chi connectivity index (χ0n) is 28.8. The second kappa shape index (κ2) is 14.5. The summed E-state index contributed by atoms with van der Waals surface area (Å²) in [5.41, 5.74) is 0.626. The Balaban J connectivity index is 1.21. The molecule has 3 aliphatic rings. The maximum absolute atomic E-state index is 14.4. The van der Waals surface area contributed by atoms with Crippen LogP contribution in [0.2, 0.25) is 0 Å². The molecule has 2 amide bonds. The molecule has 3 aliphatic heterocycles. The molecule has 2 N–H and O–H groups in total. The quantitative estimate of drug-likeness (QED) is 0.244. The van der Waals surface area contributed by atoms with Crippen LogP contribution in [0.3, 0.4) is 0 Å². The van der Waals surface area contributed by atoms with Crippen molar-refractivity contribution in [1.82, 2.24) is 14.5 Å². The first-order valence-corrected chi connectivity index (χ1v) is 18.2. The Morgan fingerprint density at radius 3 is 2.23 bits per heavy atom. The number of sulfonamides is 1. The summed E-state index contributed by atoms with van der Waals surface area (Å²) in [6.07, 6.45) is -5.44. The first kappa shape index (κ1) is 39.3. The number of halogens is 6. The number of nitrogens with one attached hydrogen (secondary N) is 1. The van der Waals surface area contributed by atoms with E-state index in [0.717, 1.165) is 17.5 Å². The molecule has 10 nitrogen and oxygen atoms in total. The topological polar surface area (TPSA) is 129 Å². The van der Waals surface area contributed by atoms with E-state index in [1.807, 2.05) is 0 Å². The van der Waals surface area contributed by atoms with Crippen LogP contribution < -0.4 is 10.1 Å². The number of carbonyl (C=O) groups is 2. The van der Waals surface area contributed by atoms with Gasteiger partial charge in [0.25, 0.3) is 11.8 Å². The summed E-state index contributed by atoms with van der Waals surface area (Å²) in [4.78, 5) is 32.5. The molecule has 0 radical (unpaired) electrons. The molecule has 2 saturated heterocycles. The van der Waals surface area contributed by atoms with E-state index in [0.29, 0.717) is 48.2 Å². The summed E-state index contributed by atoms with van der Waals surface area (Å²) in [7, 11) is -3.93. The van der Waals surface area contributed by atoms with Crippen LogP contribution in [0, 0.1) is 19.7 Å². The predicted octanol–water partition coefficient (Wildman–Crippen LogP) is 5.50. The number of ether oxygens (including phenoxy) is 1. The van der Waals surface area contributed by atoms with Gasteiger partial charge >= 0.3 is 12.1 Å². The van der Waals surface area contributed by atoms with Crippen LogP contribution in [0.15, 0.2) is 40.7 Å². The van der Waals surface area contributed by atoms with Crippen molar-refractivity contribution in [2.45, 2.75) is 82.5 Å². The molecule has 0 aromatic heterocycles. The van der Waals surface area contributed by atoms with Gasteiger partial charge < -0.3 is 20.1 Å². The number of aryl methyl sites for hydroxylation is 2. The number of likely N-dealkylation sites (tertiary alicyclic amines) is 1. The van der Waals surface area contributed by atoms with E-state index in [-0.39, 0.29) is 43.2 Å². The monoisotopic (exact) mass is 758 g/mol. The van der Waals surface area contributed by atoms with Crippen LogP contribution in [0.4, 0.5) is 26.3 Å². The third-order valence-electron chi connectivity index (χ3n) is 9.78. The Morgan fingerprint density at radius 1 is 1.02 bits per heavy atom. The summed E-state index contributed by atoms with van der Waals surface area (Å²) < 4.78 is 111. The zero-order chi connectivity index (χ0) is 38.3. The molecule has 0 unspecified atom stereocenters. The molecule has 0 aliphatic carbocycles. The Kier molecular flexibility index (Phi) is 10.9. The summed E-state index contributed by atoms with van der Waals surface area (Å²) in [6, 6.07) is 6.83. The Bertz CT molecular complexity index is 1850. The van der Waals surface area contributed by atoms with Gasteiger partial charge in [0.15, 0.2) is 11.6 Å². The molecule has 0 atom stereocenters. The van der Waals surface area contributed by atoms with Gasteiger partial charge in [0.05, 0.1) is 12.2 Å². The molecule has 17 heteroatoms. The summed E-state index contributed by atoms with van der Waals surface area (Å²) in [5.74, 6) is -6.84. The highest BCUT2D eigenvalue weighted by Gasteiger charge is 2.56. The lowest BCUT2D eigenvalue weighted by molar-refractivity contribution is -0.284. The minimum atomic E-state index is -5.71. The van der Waals surface area contributed by atoms with Crippen molar-refractivity contribution in [1.29, 1.82) is 0 Å². The molecule has 284 valence electrons. The summed E-state index contributed by atoms with van der Waals surface area (Å²) in [6.45, 7) is 5.49. The lowest BCUT2D eigenvalue weighted by Crippen LogP contribution is -2.50. The normalized spacial score (nSPS) is 19.6. The van der Waals surface area contributed by atoms with Crippen LogP contribution in [-0.4, -0.2) is 96.4 Å². The smallest absolute Gasteiger partial charge is 0.453 e. The Hall–Kier alpha value is -3.96. The van der Waals surface area contributed by atoms with Crippen LogP contribution in [0.5, 0.6) is 5.75 Å². The number of amidine groups is 1. The molecule has 2 aromatic carbocycles. The molecule has 2 fully saturated rings. The largest absolute Gasteiger partial charge is 0.490 e. The molecule has 0 bridgehead atoms. The van der Waals surface area contributed by atoms with Crippen LogP contribution in [0.1, 0.15) is 78.1 Å². The highest BCUT2D eigenvalue weighted by Crippen LogP contribution is 2.39. The average Bonchev–Trinajstić information content (AvgIpc) is 3.37. The van der Waals surface area contributed by atoms with E-state index in [9.17, 15) is 49.5 Å². The van der Waals surface area contributed by atoms with Gasteiger partial charge in [0, 0.05) is 49.1 Å². The van der Waals surface area contributed by atoms with Crippen molar-refractivity contribution >= 4 is 33.7 Å². The van der Waals surface area contributed by atoms with Crippen LogP contribution >= 0.6 is 0 Å². The van der Waals surface area contributed by atoms with Gasteiger partial charge in [-0.15, -0.1) is 0 Å². The van der Waals surface area contributed by atoms with Gasteiger partial charge in [0.2, 0.25) is 10.0 Å². The average molecular weight is 759 g/mol. The fourth-order valence-corrected chi connectivity index (χ4v) is 7.63. The predicted molar refractivity (Wildman–Crippen MR) is 180 cm³/mol. The number of amides is 2. The second-order valence-electron chi connectivity index (χ2n) is 13.8. The maximum Gasteiger partial charge on any atom is 0.453 e. The van der Waals surface area contributed by atoms with E-state index in [4.69, 9.17) is 4.74 Å². The van der Waals surface area contributed by atoms with Crippen molar-refractivity contribution in [3.8, 4) is 5.75 Å². The standard InChI is InChI=1S/C35H40F6N4O6S/c1-22-19-25(30(46)44-13-9-32(3,48)10-14-44)20-23(2)26(22)7-18-52(49,50)45-15-11-33(12-16-45)31(47)42-29(43-33)24-5-6-27(36)28(21-24)51-17-4-8-34(37,38)35(39,40)41/h5-7,18-21,48H,4,8-17H2,1-3H3,(H,42,43,47). The number of aliphatic imine (C=N–C) groups is 1. The first-order valence-electron chi connectivity index (χ1n) is 16.7. The summed E-state index contributed by atoms with van der Waals surface area (Å²) in [5, 5.41) is 13.9. The van der Waals surface area contributed by atoms with Crippen LogP contribution in [0.25, 0.3) is 6.08 Å². The van der Waals surface area contributed by atoms with Gasteiger partial charge in [-0.2, -0.15) is 26.3 Å². The van der Waals surface area contributed by atoms with Gasteiger partial charge in [0.1, 0.15) is 11.4 Å². The van der Waals surface area contributed by atoms with Crippen molar-refractivity contribution < 1.29 is 54.2 Å². The highest BCUT2D eigenvalue weighted by atomic mass is 32.2. The number of alkyl halides is 5. The molecule has 52 heavy (non-hydrogen) atoms. The minimum absolute atomic E-state index is 0.0359. The summed E-state index contributed by atoms with van der Waals surface area (Å²) >= 11 is 0. The van der Waals surface area contributed by atoms with Crippen molar-refractivity contribution in [2.75, 3.05) is 32.8 Å². The molecular weight excluding hydrogens is 718 g/mol. The van der Waals surface area contributed by atoms with Gasteiger partial charge in [-0.25, -0.2) is 12.8 Å². The molecular formula is C35H40F6N4O6S. The Morgan fingerprint density at radius 2 is 1.63 bits per heavy atom. The van der Waals surface area contributed by atoms with Gasteiger partial charge in [-0.1, -0.05) is 0 Å². The van der Waals surface area contributed by atoms with E-state index >= 15 is 0 Å². The minimum Gasteiger partial charge on any atom is -0.490 e. The first-order chi connectivity index (χ1) is 24.1. The van der Waals surface area contributed by atoms with Crippen molar-refractivity contribution in [3.63, 3.8) is 0 Å². The molecule has 5 rings (SSSR count). The number of nitrogens with zero attached hydrogens (tertiary/aromatic N) is 3. The fraction of sp³-hybridized carbons (Fsp3) is 0.514. The third kappa shape index (κ3) is 8.46. The molecule has 1 spiro atoms.